The topological polar surface area (TPSA) is 50.9 Å². The molecule has 2 aromatic carbocycles. The van der Waals surface area contributed by atoms with Crippen LogP contribution in [-0.2, 0) is 0 Å². The summed E-state index contributed by atoms with van der Waals surface area (Å²) < 4.78 is 13.4. The molecule has 1 aromatic heterocycles. The highest BCUT2D eigenvalue weighted by Gasteiger charge is 2.06. The van der Waals surface area contributed by atoms with Gasteiger partial charge in [-0.3, -0.25) is 4.98 Å². The van der Waals surface area contributed by atoms with Crippen molar-refractivity contribution >= 4 is 39.6 Å². The van der Waals surface area contributed by atoms with Gasteiger partial charge in [-0.05, 0) is 42.5 Å². The lowest BCUT2D eigenvalue weighted by atomic mass is 10.1. The van der Waals surface area contributed by atoms with E-state index in [1.807, 2.05) is 18.2 Å². The van der Waals surface area contributed by atoms with E-state index in [2.05, 4.69) is 10.3 Å². The average Bonchev–Trinajstić information content (AvgIpc) is 2.41. The minimum absolute atomic E-state index is 0.338. The Morgan fingerprint density at radius 3 is 2.80 bits per heavy atom. The van der Waals surface area contributed by atoms with E-state index < -0.39 is 5.82 Å². The number of fused-ring (bicyclic) bond motifs is 1. The molecule has 3 rings (SSSR count). The van der Waals surface area contributed by atoms with Crippen LogP contribution in [0.2, 0.25) is 5.02 Å². The highest BCUT2D eigenvalue weighted by molar-refractivity contribution is 6.30. The molecule has 0 saturated heterocycles. The zero-order chi connectivity index (χ0) is 14.1. The number of halogens is 2. The van der Waals surface area contributed by atoms with Gasteiger partial charge in [-0.2, -0.15) is 0 Å². The van der Waals surface area contributed by atoms with Crippen molar-refractivity contribution in [3.63, 3.8) is 0 Å². The van der Waals surface area contributed by atoms with Gasteiger partial charge in [0.2, 0.25) is 0 Å². The molecule has 1 heterocycles. The van der Waals surface area contributed by atoms with Crippen LogP contribution in [0.4, 0.5) is 21.5 Å². The molecule has 3 N–H and O–H groups in total. The van der Waals surface area contributed by atoms with Gasteiger partial charge in [0.25, 0.3) is 0 Å². The monoisotopic (exact) mass is 287 g/mol. The van der Waals surface area contributed by atoms with Gasteiger partial charge in [-0.15, -0.1) is 0 Å². The number of hydrogen-bond acceptors (Lipinski definition) is 3. The fourth-order valence-corrected chi connectivity index (χ4v) is 2.31. The van der Waals surface area contributed by atoms with Gasteiger partial charge >= 0.3 is 0 Å². The molecule has 0 radical (unpaired) electrons. The maximum Gasteiger partial charge on any atom is 0.126 e. The summed E-state index contributed by atoms with van der Waals surface area (Å²) in [6.07, 6.45) is 1.68. The maximum atomic E-state index is 13.4. The molecule has 20 heavy (non-hydrogen) atoms. The number of pyridine rings is 1. The second-order valence-electron chi connectivity index (χ2n) is 4.39. The van der Waals surface area contributed by atoms with Gasteiger partial charge in [0.15, 0.2) is 0 Å². The zero-order valence-electron chi connectivity index (χ0n) is 10.4. The molecule has 3 nitrogen and oxygen atoms in total. The molecule has 0 atom stereocenters. The maximum absolute atomic E-state index is 13.4. The quantitative estimate of drug-likeness (QED) is 0.689. The van der Waals surface area contributed by atoms with Crippen LogP contribution in [0.3, 0.4) is 0 Å². The first kappa shape index (κ1) is 12.7. The third kappa shape index (κ3) is 2.38. The number of nitrogens with one attached hydrogen (secondary N) is 1. The second kappa shape index (κ2) is 4.98. The van der Waals surface area contributed by atoms with Gasteiger partial charge in [0.1, 0.15) is 5.82 Å². The lowest BCUT2D eigenvalue weighted by Gasteiger charge is -2.11. The van der Waals surface area contributed by atoms with Crippen LogP contribution in [0.15, 0.2) is 48.7 Å². The normalized spacial score (nSPS) is 10.7. The fraction of sp³-hybridized carbons (Fsp3) is 0. The summed E-state index contributed by atoms with van der Waals surface area (Å²) in [6, 6.07) is 11.6. The zero-order valence-corrected chi connectivity index (χ0v) is 11.2. The lowest BCUT2D eigenvalue weighted by molar-refractivity contribution is 0.628. The largest absolute Gasteiger partial charge is 0.397 e. The Morgan fingerprint density at radius 2 is 2.00 bits per heavy atom. The SMILES string of the molecule is Nc1ccc(Nc2cc(F)cc(Cl)c2)c2cccnc12. The molecular formula is C15H11ClFN3. The van der Waals surface area contributed by atoms with E-state index in [4.69, 9.17) is 17.3 Å². The highest BCUT2D eigenvalue weighted by atomic mass is 35.5. The molecule has 0 fully saturated rings. The van der Waals surface area contributed by atoms with Crippen molar-refractivity contribution in [3.05, 3.63) is 59.5 Å². The van der Waals surface area contributed by atoms with Crippen molar-refractivity contribution in [1.82, 2.24) is 4.98 Å². The Kier molecular flexibility index (Phi) is 3.16. The van der Waals surface area contributed by atoms with Crippen molar-refractivity contribution < 1.29 is 4.39 Å². The molecule has 0 saturated carbocycles. The molecule has 0 aliphatic heterocycles. The minimum atomic E-state index is -0.391. The van der Waals surface area contributed by atoms with Crippen LogP contribution in [0, 0.1) is 5.82 Å². The number of benzene rings is 2. The van der Waals surface area contributed by atoms with E-state index in [1.54, 1.807) is 18.3 Å². The van der Waals surface area contributed by atoms with E-state index in [9.17, 15) is 4.39 Å². The lowest BCUT2D eigenvalue weighted by Crippen LogP contribution is -1.96. The molecule has 0 amide bonds. The standard InChI is InChI=1S/C15H11ClFN3/c16-9-6-10(17)8-11(7-9)20-14-4-3-13(18)15-12(14)2-1-5-19-15/h1-8,20H,18H2. The highest BCUT2D eigenvalue weighted by Crippen LogP contribution is 2.30. The Bertz CT molecular complexity index is 769. The molecule has 0 aliphatic rings. The second-order valence-corrected chi connectivity index (χ2v) is 4.82. The first-order chi connectivity index (χ1) is 9.63. The summed E-state index contributed by atoms with van der Waals surface area (Å²) in [4.78, 5) is 4.25. The van der Waals surface area contributed by atoms with Gasteiger partial charge in [-0.25, -0.2) is 4.39 Å². The number of anilines is 3. The van der Waals surface area contributed by atoms with Crippen molar-refractivity contribution in [2.24, 2.45) is 0 Å². The van der Waals surface area contributed by atoms with Crippen molar-refractivity contribution in [2.75, 3.05) is 11.1 Å². The summed E-state index contributed by atoms with van der Waals surface area (Å²) in [5, 5.41) is 4.34. The van der Waals surface area contributed by atoms with Gasteiger partial charge in [0, 0.05) is 28.0 Å². The predicted molar refractivity (Wildman–Crippen MR) is 80.8 cm³/mol. The Balaban J connectivity index is 2.09. The summed E-state index contributed by atoms with van der Waals surface area (Å²) in [6.45, 7) is 0. The van der Waals surface area contributed by atoms with Crippen LogP contribution in [0.1, 0.15) is 0 Å². The summed E-state index contributed by atoms with van der Waals surface area (Å²) in [5.41, 5.74) is 8.57. The van der Waals surface area contributed by atoms with Crippen LogP contribution >= 0.6 is 11.6 Å². The van der Waals surface area contributed by atoms with Gasteiger partial charge in [0.05, 0.1) is 11.2 Å². The number of nitrogen functional groups attached to an aromatic ring is 1. The van der Waals surface area contributed by atoms with Crippen LogP contribution < -0.4 is 11.1 Å². The Labute approximate surface area is 120 Å². The smallest absolute Gasteiger partial charge is 0.126 e. The molecule has 3 aromatic rings. The molecule has 0 aliphatic carbocycles. The number of nitrogens with zero attached hydrogens (tertiary/aromatic N) is 1. The number of nitrogens with two attached hydrogens (primary N) is 1. The molecule has 0 unspecified atom stereocenters. The molecule has 5 heteroatoms. The van der Waals surface area contributed by atoms with Crippen LogP contribution in [0.5, 0.6) is 0 Å². The first-order valence-corrected chi connectivity index (χ1v) is 6.37. The van der Waals surface area contributed by atoms with E-state index in [-0.39, 0.29) is 0 Å². The fourth-order valence-electron chi connectivity index (χ4n) is 2.09. The third-order valence-electron chi connectivity index (χ3n) is 2.94. The molecule has 0 bridgehead atoms. The van der Waals surface area contributed by atoms with Crippen LogP contribution in [-0.4, -0.2) is 4.98 Å². The number of rotatable bonds is 2. The summed E-state index contributed by atoms with van der Waals surface area (Å²) in [5.74, 6) is -0.391. The third-order valence-corrected chi connectivity index (χ3v) is 3.16. The van der Waals surface area contributed by atoms with Crippen molar-refractivity contribution in [1.29, 1.82) is 0 Å². The van der Waals surface area contributed by atoms with Crippen molar-refractivity contribution in [2.45, 2.75) is 0 Å². The molecular weight excluding hydrogens is 277 g/mol. The Hall–Kier alpha value is -2.33. The van der Waals surface area contributed by atoms with Crippen LogP contribution in [0.25, 0.3) is 10.9 Å². The van der Waals surface area contributed by atoms with E-state index in [0.717, 1.165) is 11.1 Å². The van der Waals surface area contributed by atoms with E-state index in [1.165, 1.54) is 12.1 Å². The molecule has 100 valence electrons. The summed E-state index contributed by atoms with van der Waals surface area (Å²) >= 11 is 5.85. The van der Waals surface area contributed by atoms with E-state index >= 15 is 0 Å². The van der Waals surface area contributed by atoms with Crippen molar-refractivity contribution in [3.8, 4) is 0 Å². The predicted octanol–water partition coefficient (Wildman–Crippen LogP) is 4.35. The minimum Gasteiger partial charge on any atom is -0.397 e. The van der Waals surface area contributed by atoms with Gasteiger partial charge in [-0.1, -0.05) is 11.6 Å². The Morgan fingerprint density at radius 1 is 1.15 bits per heavy atom. The summed E-state index contributed by atoms with van der Waals surface area (Å²) in [7, 11) is 0. The molecule has 0 spiro atoms. The first-order valence-electron chi connectivity index (χ1n) is 6.00. The number of hydrogen-bond donors (Lipinski definition) is 2. The van der Waals surface area contributed by atoms with E-state index in [0.29, 0.717) is 21.9 Å². The van der Waals surface area contributed by atoms with Gasteiger partial charge < -0.3 is 11.1 Å². The number of aromatic nitrogens is 1. The average molecular weight is 288 g/mol.